The second-order valence-electron chi connectivity index (χ2n) is 22.6. The number of unbranched alkanes of at least 4 members (excludes halogenated alkanes) is 16. The van der Waals surface area contributed by atoms with Crippen LogP contribution in [0.5, 0.6) is 0 Å². The maximum atomic E-state index is 12.7. The zero-order valence-corrected chi connectivity index (χ0v) is 41.2. The van der Waals surface area contributed by atoms with E-state index in [2.05, 4.69) is 60.6 Å². The molecule has 3 saturated carbocycles. The maximum absolute atomic E-state index is 12.7. The van der Waals surface area contributed by atoms with E-state index in [9.17, 15) is 20.1 Å². The van der Waals surface area contributed by atoms with Gasteiger partial charge in [0.25, 0.3) is 0 Å². The third kappa shape index (κ3) is 13.8. The second-order valence-corrected chi connectivity index (χ2v) is 22.6. The van der Waals surface area contributed by atoms with Crippen LogP contribution in [-0.2, 0) is 19.0 Å². The van der Waals surface area contributed by atoms with Crippen LogP contribution >= 0.6 is 0 Å². The van der Waals surface area contributed by atoms with Crippen molar-refractivity contribution in [2.75, 3.05) is 6.61 Å². The second kappa shape index (κ2) is 25.8. The Hall–Kier alpha value is -0.990. The summed E-state index contributed by atoms with van der Waals surface area (Å²) in [7, 11) is 0. The molecule has 7 nitrogen and oxygen atoms in total. The summed E-state index contributed by atoms with van der Waals surface area (Å²) in [5.41, 5.74) is 0.657. The maximum Gasteiger partial charge on any atom is 0.305 e. The molecule has 15 atom stereocenters. The molecule has 0 amide bonds. The van der Waals surface area contributed by atoms with Crippen molar-refractivity contribution < 1.29 is 34.3 Å². The number of aliphatic hydroxyl groups is 3. The fraction of sp³-hybridized carbons (Fsp3) is 0.945. The Bertz CT molecular complexity index is 1300. The quantitative estimate of drug-likeness (QED) is 0.0408. The molecule has 0 aromatic rings. The molecule has 1 aliphatic heterocycles. The monoisotopic (exact) mass is 871 g/mol. The molecule has 360 valence electrons. The number of hydrogen-bond acceptors (Lipinski definition) is 7. The van der Waals surface area contributed by atoms with Crippen molar-refractivity contribution in [3.8, 4) is 0 Å². The third-order valence-corrected chi connectivity index (χ3v) is 18.2. The van der Waals surface area contributed by atoms with Gasteiger partial charge in [0.1, 0.15) is 31.0 Å². The number of rotatable bonds is 28. The largest absolute Gasteiger partial charge is 0.463 e. The number of aliphatic hydroxyl groups excluding tert-OH is 3. The normalized spacial score (nSPS) is 36.5. The predicted octanol–water partition coefficient (Wildman–Crippen LogP) is 13.3. The standard InChI is InChI=1S/C55H98O7/c1-8-10-11-12-13-14-15-16-17-18-19-20-21-22-23-24-25-26-49(56)60-38-48-50(57)51(58)52(59)53(62-48)61-43-33-35-54(6)42(37-43)29-30-44-46-32-31-45(55(46,7)36-34-47(44)54)40(5)27-28-41(9-2)39(3)4/h29-30,39-48,50-53,57-59H,8-28,31-38H2,1-7H3/t40-,41+,42?,43?,44?,45?,46?,47?,48-,50-,51+,52-,53-,54?,55?/m1/s1. The Morgan fingerprint density at radius 3 is 1.87 bits per heavy atom. The van der Waals surface area contributed by atoms with Gasteiger partial charge in [-0.1, -0.05) is 176 Å². The summed E-state index contributed by atoms with van der Waals surface area (Å²) >= 11 is 0. The SMILES string of the molecule is CCCCCCCCCCCCCCCCCCCC(=O)OC[C@H]1O[C@@H](OC2CCC3(C)C(C=CC4C3CCC3(C)C4CCC3[C@H](C)CC[C@H](CC)C(C)C)C2)[C@H](O)[C@@H](O)[C@@H]1O. The lowest BCUT2D eigenvalue weighted by Gasteiger charge is -2.59. The van der Waals surface area contributed by atoms with E-state index in [-0.39, 0.29) is 24.1 Å². The molecule has 7 heteroatoms. The van der Waals surface area contributed by atoms with Gasteiger partial charge in [0, 0.05) is 6.42 Å². The minimum Gasteiger partial charge on any atom is -0.463 e. The lowest BCUT2D eigenvalue weighted by molar-refractivity contribution is -0.315. The Balaban J connectivity index is 0.984. The van der Waals surface area contributed by atoms with Gasteiger partial charge < -0.3 is 29.5 Å². The topological polar surface area (TPSA) is 105 Å². The van der Waals surface area contributed by atoms with E-state index in [1.165, 1.54) is 135 Å². The van der Waals surface area contributed by atoms with Crippen molar-refractivity contribution in [2.45, 2.75) is 265 Å². The summed E-state index contributed by atoms with van der Waals surface area (Å²) in [5.74, 6) is 5.44. The number of fused-ring (bicyclic) bond motifs is 5. The van der Waals surface area contributed by atoms with Crippen molar-refractivity contribution in [1.82, 2.24) is 0 Å². The molecule has 8 unspecified atom stereocenters. The molecule has 1 heterocycles. The van der Waals surface area contributed by atoms with Gasteiger partial charge in [0.05, 0.1) is 6.10 Å². The summed E-state index contributed by atoms with van der Waals surface area (Å²) < 4.78 is 18.1. The molecule has 0 radical (unpaired) electrons. The lowest BCUT2D eigenvalue weighted by Crippen LogP contribution is -2.60. The Kier molecular flexibility index (Phi) is 21.6. The third-order valence-electron chi connectivity index (χ3n) is 18.2. The highest BCUT2D eigenvalue weighted by atomic mass is 16.7. The van der Waals surface area contributed by atoms with Crippen molar-refractivity contribution in [3.63, 3.8) is 0 Å². The summed E-state index contributed by atoms with van der Waals surface area (Å²) in [6.45, 7) is 17.0. The van der Waals surface area contributed by atoms with Gasteiger partial charge in [-0.05, 0) is 116 Å². The predicted molar refractivity (Wildman–Crippen MR) is 253 cm³/mol. The molecule has 0 spiro atoms. The van der Waals surface area contributed by atoms with Gasteiger partial charge in [-0.3, -0.25) is 4.79 Å². The highest BCUT2D eigenvalue weighted by Gasteiger charge is 2.60. The molecule has 4 fully saturated rings. The molecule has 0 bridgehead atoms. The lowest BCUT2D eigenvalue weighted by atomic mass is 9.46. The molecule has 5 rings (SSSR count). The summed E-state index contributed by atoms with van der Waals surface area (Å²) in [4.78, 5) is 12.7. The number of carbonyl (C=O) groups excluding carboxylic acids is 1. The van der Waals surface area contributed by atoms with E-state index >= 15 is 0 Å². The Morgan fingerprint density at radius 2 is 1.27 bits per heavy atom. The molecule has 62 heavy (non-hydrogen) atoms. The summed E-state index contributed by atoms with van der Waals surface area (Å²) in [6, 6.07) is 0. The van der Waals surface area contributed by atoms with E-state index < -0.39 is 30.7 Å². The smallest absolute Gasteiger partial charge is 0.305 e. The van der Waals surface area contributed by atoms with Crippen LogP contribution in [0.25, 0.3) is 0 Å². The molecule has 0 aromatic heterocycles. The van der Waals surface area contributed by atoms with E-state index in [0.717, 1.165) is 68.1 Å². The number of carbonyl (C=O) groups is 1. The van der Waals surface area contributed by atoms with Gasteiger partial charge in [0.15, 0.2) is 6.29 Å². The molecular weight excluding hydrogens is 773 g/mol. The molecule has 4 aliphatic carbocycles. The average molecular weight is 871 g/mol. The molecule has 3 N–H and O–H groups in total. The fourth-order valence-electron chi connectivity index (χ4n) is 14.0. The van der Waals surface area contributed by atoms with Crippen molar-refractivity contribution in [1.29, 1.82) is 0 Å². The molecule has 1 saturated heterocycles. The minimum atomic E-state index is -1.44. The van der Waals surface area contributed by atoms with Crippen LogP contribution in [0, 0.1) is 58.2 Å². The van der Waals surface area contributed by atoms with Gasteiger partial charge in [0.2, 0.25) is 0 Å². The number of ether oxygens (including phenoxy) is 3. The number of allylic oxidation sites excluding steroid dienone is 2. The van der Waals surface area contributed by atoms with Crippen LogP contribution in [0.3, 0.4) is 0 Å². The molecule has 0 aromatic carbocycles. The van der Waals surface area contributed by atoms with Crippen LogP contribution in [0.1, 0.15) is 228 Å². The zero-order valence-electron chi connectivity index (χ0n) is 41.2. The number of esters is 1. The van der Waals surface area contributed by atoms with Crippen LogP contribution in [0.15, 0.2) is 12.2 Å². The number of hydrogen-bond donors (Lipinski definition) is 3. The van der Waals surface area contributed by atoms with Gasteiger partial charge >= 0.3 is 5.97 Å². The highest BCUT2D eigenvalue weighted by Crippen LogP contribution is 2.67. The molecular formula is C55H98O7. The first kappa shape index (κ1) is 52.0. The van der Waals surface area contributed by atoms with Gasteiger partial charge in [-0.25, -0.2) is 0 Å². The molecule has 5 aliphatic rings. The highest BCUT2D eigenvalue weighted by molar-refractivity contribution is 5.69. The van der Waals surface area contributed by atoms with E-state index in [0.29, 0.717) is 29.6 Å². The minimum absolute atomic E-state index is 0.123. The van der Waals surface area contributed by atoms with Crippen LogP contribution in [0.4, 0.5) is 0 Å². The van der Waals surface area contributed by atoms with Crippen LogP contribution in [0.2, 0.25) is 0 Å². The average Bonchev–Trinajstić information content (AvgIpc) is 3.62. The van der Waals surface area contributed by atoms with Crippen molar-refractivity contribution in [2.24, 2.45) is 58.2 Å². The fourth-order valence-corrected chi connectivity index (χ4v) is 14.0. The van der Waals surface area contributed by atoms with E-state index in [4.69, 9.17) is 14.2 Å². The first-order chi connectivity index (χ1) is 29.8. The van der Waals surface area contributed by atoms with E-state index in [1.54, 1.807) is 0 Å². The van der Waals surface area contributed by atoms with Crippen molar-refractivity contribution >= 4 is 5.97 Å². The zero-order chi connectivity index (χ0) is 44.7. The van der Waals surface area contributed by atoms with E-state index in [1.807, 2.05) is 0 Å². The Labute approximate surface area is 381 Å². The van der Waals surface area contributed by atoms with Crippen LogP contribution in [-0.4, -0.2) is 64.7 Å². The first-order valence-corrected chi connectivity index (χ1v) is 27.0. The van der Waals surface area contributed by atoms with Crippen molar-refractivity contribution in [3.05, 3.63) is 12.2 Å². The van der Waals surface area contributed by atoms with Gasteiger partial charge in [-0.2, -0.15) is 0 Å². The van der Waals surface area contributed by atoms with Crippen LogP contribution < -0.4 is 0 Å². The Morgan fingerprint density at radius 1 is 0.694 bits per heavy atom. The summed E-state index contributed by atoms with van der Waals surface area (Å²) in [5, 5.41) is 32.6. The van der Waals surface area contributed by atoms with Gasteiger partial charge in [-0.15, -0.1) is 0 Å². The first-order valence-electron chi connectivity index (χ1n) is 27.0. The summed E-state index contributed by atoms with van der Waals surface area (Å²) in [6.07, 6.45) is 33.3.